The first kappa shape index (κ1) is 20.1. The fourth-order valence-corrected chi connectivity index (χ4v) is 3.75. The van der Waals surface area contributed by atoms with Crippen molar-refractivity contribution in [1.29, 1.82) is 0 Å². The third-order valence-corrected chi connectivity index (χ3v) is 6.28. The molecule has 1 saturated heterocycles. The van der Waals surface area contributed by atoms with Crippen LogP contribution in [0.15, 0.2) is 9.52 Å². The molecule has 2 rings (SSSR count). The van der Waals surface area contributed by atoms with Crippen LogP contribution in [0.1, 0.15) is 25.6 Å². The lowest BCUT2D eigenvalue weighted by Crippen LogP contribution is -2.57. The largest absolute Gasteiger partial charge is 0.356 e. The standard InChI is InChI=1S/C13H23N5O3S.HI/c1-10-16-11(21-17-10)5-6-15-12(14-4)18-7-8-22(19,20)13(2,3)9-18;/h5-9H2,1-4H3,(H,14,15);1H. The summed E-state index contributed by atoms with van der Waals surface area (Å²) >= 11 is 0. The van der Waals surface area contributed by atoms with E-state index in [2.05, 4.69) is 20.4 Å². The molecule has 0 atom stereocenters. The van der Waals surface area contributed by atoms with Gasteiger partial charge in [0.05, 0.1) is 10.5 Å². The van der Waals surface area contributed by atoms with Crippen LogP contribution in [-0.4, -0.2) is 66.6 Å². The SMILES string of the molecule is CN=C(NCCc1nc(C)no1)N1CCS(=O)(=O)C(C)(C)C1.I. The van der Waals surface area contributed by atoms with E-state index in [0.717, 1.165) is 0 Å². The van der Waals surface area contributed by atoms with Crippen molar-refractivity contribution < 1.29 is 12.9 Å². The second-order valence-electron chi connectivity index (χ2n) is 5.96. The minimum Gasteiger partial charge on any atom is -0.356 e. The Balaban J connectivity index is 0.00000264. The highest BCUT2D eigenvalue weighted by Crippen LogP contribution is 2.23. The summed E-state index contributed by atoms with van der Waals surface area (Å²) in [5.74, 6) is 2.02. The van der Waals surface area contributed by atoms with Gasteiger partial charge in [-0.25, -0.2) is 8.42 Å². The molecule has 132 valence electrons. The van der Waals surface area contributed by atoms with Crippen molar-refractivity contribution in [3.63, 3.8) is 0 Å². The van der Waals surface area contributed by atoms with Gasteiger partial charge in [-0.1, -0.05) is 5.16 Å². The van der Waals surface area contributed by atoms with Crippen molar-refractivity contribution in [3.8, 4) is 0 Å². The van der Waals surface area contributed by atoms with Gasteiger partial charge in [-0.2, -0.15) is 4.98 Å². The predicted octanol–water partition coefficient (Wildman–Crippen LogP) is 0.623. The van der Waals surface area contributed by atoms with E-state index in [1.54, 1.807) is 27.8 Å². The quantitative estimate of drug-likeness (QED) is 0.404. The Labute approximate surface area is 154 Å². The van der Waals surface area contributed by atoms with Gasteiger partial charge >= 0.3 is 0 Å². The van der Waals surface area contributed by atoms with Gasteiger partial charge < -0.3 is 14.7 Å². The highest BCUT2D eigenvalue weighted by Gasteiger charge is 2.40. The van der Waals surface area contributed by atoms with Crippen LogP contribution in [-0.2, 0) is 16.3 Å². The zero-order valence-electron chi connectivity index (χ0n) is 13.9. The van der Waals surface area contributed by atoms with Crippen LogP contribution in [0.2, 0.25) is 0 Å². The van der Waals surface area contributed by atoms with Gasteiger partial charge in [0.2, 0.25) is 5.89 Å². The molecule has 1 aromatic heterocycles. The average Bonchev–Trinajstić information content (AvgIpc) is 2.84. The first-order chi connectivity index (χ1) is 10.2. The zero-order chi connectivity index (χ0) is 16.4. The number of aliphatic imine (C=N–C) groups is 1. The summed E-state index contributed by atoms with van der Waals surface area (Å²) in [4.78, 5) is 10.3. The summed E-state index contributed by atoms with van der Waals surface area (Å²) in [5, 5.41) is 6.95. The molecule has 0 aromatic carbocycles. The number of guanidine groups is 1. The van der Waals surface area contributed by atoms with Crippen molar-refractivity contribution in [2.45, 2.75) is 31.9 Å². The molecular weight excluding hydrogens is 433 g/mol. The smallest absolute Gasteiger partial charge is 0.228 e. The normalized spacial score (nSPS) is 20.0. The van der Waals surface area contributed by atoms with Crippen LogP contribution < -0.4 is 5.32 Å². The Bertz CT molecular complexity index is 656. The van der Waals surface area contributed by atoms with Gasteiger partial charge in [-0.3, -0.25) is 4.99 Å². The zero-order valence-corrected chi connectivity index (χ0v) is 17.0. The topological polar surface area (TPSA) is 101 Å². The van der Waals surface area contributed by atoms with Gasteiger partial charge in [0.15, 0.2) is 21.6 Å². The van der Waals surface area contributed by atoms with Gasteiger partial charge in [-0.05, 0) is 20.8 Å². The molecule has 10 heteroatoms. The van der Waals surface area contributed by atoms with Crippen molar-refractivity contribution >= 4 is 39.8 Å². The molecule has 8 nitrogen and oxygen atoms in total. The van der Waals surface area contributed by atoms with E-state index in [9.17, 15) is 8.42 Å². The van der Waals surface area contributed by atoms with Crippen molar-refractivity contribution in [2.75, 3.05) is 32.4 Å². The molecule has 1 aromatic rings. The van der Waals surface area contributed by atoms with E-state index in [1.165, 1.54) is 0 Å². The summed E-state index contributed by atoms with van der Waals surface area (Å²) in [7, 11) is -1.36. The lowest BCUT2D eigenvalue weighted by Gasteiger charge is -2.39. The summed E-state index contributed by atoms with van der Waals surface area (Å²) in [5.41, 5.74) is 0. The van der Waals surface area contributed by atoms with E-state index in [1.807, 2.05) is 4.90 Å². The van der Waals surface area contributed by atoms with Crippen molar-refractivity contribution in [3.05, 3.63) is 11.7 Å². The molecule has 0 amide bonds. The molecule has 0 radical (unpaired) electrons. The third kappa shape index (κ3) is 4.78. The molecule has 1 fully saturated rings. The fraction of sp³-hybridized carbons (Fsp3) is 0.769. The summed E-state index contributed by atoms with van der Waals surface area (Å²) in [6, 6.07) is 0. The predicted molar refractivity (Wildman–Crippen MR) is 99.0 cm³/mol. The summed E-state index contributed by atoms with van der Waals surface area (Å²) in [6.07, 6.45) is 0.593. The lowest BCUT2D eigenvalue weighted by molar-refractivity contribution is 0.350. The molecule has 2 heterocycles. The van der Waals surface area contributed by atoms with E-state index < -0.39 is 14.6 Å². The molecule has 1 aliphatic heterocycles. The maximum atomic E-state index is 12.0. The number of halogens is 1. The minimum absolute atomic E-state index is 0. The highest BCUT2D eigenvalue weighted by atomic mass is 127. The second-order valence-corrected chi connectivity index (χ2v) is 8.70. The lowest BCUT2D eigenvalue weighted by atomic mass is 10.2. The molecule has 0 bridgehead atoms. The second kappa shape index (κ2) is 7.77. The molecular formula is C13H24IN5O3S. The van der Waals surface area contributed by atoms with E-state index in [-0.39, 0.29) is 29.7 Å². The highest BCUT2D eigenvalue weighted by molar-refractivity contribution is 14.0. The maximum absolute atomic E-state index is 12.0. The average molecular weight is 457 g/mol. The van der Waals surface area contributed by atoms with E-state index in [0.29, 0.717) is 43.7 Å². The number of hydrogen-bond acceptors (Lipinski definition) is 6. The fourth-order valence-electron chi connectivity index (χ4n) is 2.38. The Hall–Kier alpha value is -0.910. The van der Waals surface area contributed by atoms with Crippen molar-refractivity contribution in [1.82, 2.24) is 20.4 Å². The first-order valence-electron chi connectivity index (χ1n) is 7.22. The van der Waals surface area contributed by atoms with Crippen LogP contribution >= 0.6 is 24.0 Å². The van der Waals surface area contributed by atoms with Crippen molar-refractivity contribution in [2.24, 2.45) is 4.99 Å². The number of nitrogens with zero attached hydrogens (tertiary/aromatic N) is 4. The van der Waals surface area contributed by atoms with Gasteiger partial charge in [0, 0.05) is 33.1 Å². The maximum Gasteiger partial charge on any atom is 0.228 e. The molecule has 1 N–H and O–H groups in total. The monoisotopic (exact) mass is 457 g/mol. The van der Waals surface area contributed by atoms with Crippen LogP contribution in [0, 0.1) is 6.92 Å². The number of hydrogen-bond donors (Lipinski definition) is 1. The van der Waals surface area contributed by atoms with Gasteiger partial charge in [0.25, 0.3) is 0 Å². The summed E-state index contributed by atoms with van der Waals surface area (Å²) in [6.45, 7) is 6.75. The van der Waals surface area contributed by atoms with Crippen LogP contribution in [0.4, 0.5) is 0 Å². The van der Waals surface area contributed by atoms with E-state index >= 15 is 0 Å². The Morgan fingerprint density at radius 3 is 2.70 bits per heavy atom. The summed E-state index contributed by atoms with van der Waals surface area (Å²) < 4.78 is 28.4. The minimum atomic E-state index is -3.05. The molecule has 0 unspecified atom stereocenters. The number of aromatic nitrogens is 2. The van der Waals surface area contributed by atoms with E-state index in [4.69, 9.17) is 4.52 Å². The molecule has 0 saturated carbocycles. The molecule has 0 aliphatic carbocycles. The van der Waals surface area contributed by atoms with Crippen LogP contribution in [0.3, 0.4) is 0 Å². The Morgan fingerprint density at radius 1 is 1.48 bits per heavy atom. The Kier molecular flexibility index (Phi) is 6.81. The van der Waals surface area contributed by atoms with Gasteiger partial charge in [-0.15, -0.1) is 24.0 Å². The first-order valence-corrected chi connectivity index (χ1v) is 8.87. The third-order valence-electron chi connectivity index (χ3n) is 3.75. The number of nitrogens with one attached hydrogen (secondary N) is 1. The number of aryl methyl sites for hydroxylation is 1. The van der Waals surface area contributed by atoms with Gasteiger partial charge in [0.1, 0.15) is 0 Å². The molecule has 1 aliphatic rings. The van der Waals surface area contributed by atoms with Crippen LogP contribution in [0.5, 0.6) is 0 Å². The number of sulfone groups is 1. The Morgan fingerprint density at radius 2 is 2.17 bits per heavy atom. The molecule has 0 spiro atoms. The van der Waals surface area contributed by atoms with Crippen LogP contribution in [0.25, 0.3) is 0 Å². The number of rotatable bonds is 3. The molecule has 23 heavy (non-hydrogen) atoms.